The standard InChI is InChI=1S/C10H15BrN6/c1-3-7(2)16-5-4-8(14-16)6-17-9(11)13-10(12)15-17/h4-5,7H,3,6H2,1-2H3,(H2,12,15). The Kier molecular flexibility index (Phi) is 3.46. The molecule has 92 valence electrons. The number of nitrogen functional groups attached to an aromatic ring is 1. The zero-order valence-corrected chi connectivity index (χ0v) is 11.4. The molecule has 0 aliphatic rings. The number of aromatic nitrogens is 5. The maximum atomic E-state index is 5.51. The summed E-state index contributed by atoms with van der Waals surface area (Å²) in [4.78, 5) is 3.98. The van der Waals surface area contributed by atoms with E-state index in [1.54, 1.807) is 4.68 Å². The third-order valence-electron chi connectivity index (χ3n) is 2.66. The number of rotatable bonds is 4. The highest BCUT2D eigenvalue weighted by Gasteiger charge is 2.09. The molecule has 0 radical (unpaired) electrons. The second kappa shape index (κ2) is 4.87. The molecule has 2 aromatic rings. The van der Waals surface area contributed by atoms with E-state index in [4.69, 9.17) is 5.73 Å². The van der Waals surface area contributed by atoms with Crippen LogP contribution in [0.15, 0.2) is 17.0 Å². The summed E-state index contributed by atoms with van der Waals surface area (Å²) in [5, 5.41) is 8.56. The molecule has 0 aliphatic heterocycles. The molecule has 17 heavy (non-hydrogen) atoms. The van der Waals surface area contributed by atoms with E-state index in [0.29, 0.717) is 17.3 Å². The van der Waals surface area contributed by atoms with Crippen LogP contribution < -0.4 is 5.73 Å². The largest absolute Gasteiger partial charge is 0.366 e. The number of hydrogen-bond acceptors (Lipinski definition) is 4. The maximum absolute atomic E-state index is 5.51. The van der Waals surface area contributed by atoms with Crippen molar-refractivity contribution in [3.05, 3.63) is 22.7 Å². The molecule has 2 rings (SSSR count). The molecule has 1 atom stereocenters. The van der Waals surface area contributed by atoms with Crippen LogP contribution in [-0.4, -0.2) is 24.5 Å². The van der Waals surface area contributed by atoms with Gasteiger partial charge in [-0.15, -0.1) is 5.10 Å². The molecule has 2 aromatic heterocycles. The van der Waals surface area contributed by atoms with Gasteiger partial charge in [0.2, 0.25) is 5.95 Å². The normalized spacial score (nSPS) is 12.9. The zero-order chi connectivity index (χ0) is 12.4. The summed E-state index contributed by atoms with van der Waals surface area (Å²) in [5.41, 5.74) is 6.45. The third-order valence-corrected chi connectivity index (χ3v) is 3.25. The minimum absolute atomic E-state index is 0.262. The minimum Gasteiger partial charge on any atom is -0.366 e. The van der Waals surface area contributed by atoms with Crippen molar-refractivity contribution in [3.8, 4) is 0 Å². The SMILES string of the molecule is CCC(C)n1ccc(Cn2nc(N)nc2Br)n1. The van der Waals surface area contributed by atoms with E-state index in [-0.39, 0.29) is 5.95 Å². The van der Waals surface area contributed by atoms with Gasteiger partial charge >= 0.3 is 0 Å². The molecule has 7 heteroatoms. The lowest BCUT2D eigenvalue weighted by Gasteiger charge is -2.08. The Bertz CT molecular complexity index is 503. The highest BCUT2D eigenvalue weighted by Crippen LogP contribution is 2.12. The van der Waals surface area contributed by atoms with Crippen molar-refractivity contribution in [2.24, 2.45) is 0 Å². The van der Waals surface area contributed by atoms with Gasteiger partial charge in [0.05, 0.1) is 12.2 Å². The van der Waals surface area contributed by atoms with E-state index < -0.39 is 0 Å². The van der Waals surface area contributed by atoms with Crippen LogP contribution in [0, 0.1) is 0 Å². The van der Waals surface area contributed by atoms with Gasteiger partial charge in [-0.2, -0.15) is 10.1 Å². The van der Waals surface area contributed by atoms with Crippen LogP contribution >= 0.6 is 15.9 Å². The molecule has 0 saturated heterocycles. The number of hydrogen-bond donors (Lipinski definition) is 1. The van der Waals surface area contributed by atoms with E-state index in [1.165, 1.54) is 0 Å². The van der Waals surface area contributed by atoms with Crippen LogP contribution in [0.4, 0.5) is 5.95 Å². The smallest absolute Gasteiger partial charge is 0.240 e. The fraction of sp³-hybridized carbons (Fsp3) is 0.500. The lowest BCUT2D eigenvalue weighted by atomic mass is 10.3. The molecule has 0 aliphatic carbocycles. The quantitative estimate of drug-likeness (QED) is 0.934. The van der Waals surface area contributed by atoms with Crippen LogP contribution in [0.1, 0.15) is 32.0 Å². The first-order valence-electron chi connectivity index (χ1n) is 5.50. The average molecular weight is 299 g/mol. The molecule has 0 fully saturated rings. The minimum atomic E-state index is 0.262. The molecule has 2 heterocycles. The molecule has 1 unspecified atom stereocenters. The van der Waals surface area contributed by atoms with Crippen molar-refractivity contribution >= 4 is 21.9 Å². The predicted molar refractivity (Wildman–Crippen MR) is 68.5 cm³/mol. The van der Waals surface area contributed by atoms with Crippen LogP contribution in [0.5, 0.6) is 0 Å². The Morgan fingerprint density at radius 2 is 2.24 bits per heavy atom. The summed E-state index contributed by atoms with van der Waals surface area (Å²) in [6.45, 7) is 4.84. The molecule has 6 nitrogen and oxygen atoms in total. The summed E-state index contributed by atoms with van der Waals surface area (Å²) in [7, 11) is 0. The number of nitrogens with two attached hydrogens (primary N) is 1. The third kappa shape index (κ3) is 2.66. The van der Waals surface area contributed by atoms with Gasteiger partial charge in [0.25, 0.3) is 0 Å². The monoisotopic (exact) mass is 298 g/mol. The fourth-order valence-corrected chi connectivity index (χ4v) is 1.87. The molecule has 0 bridgehead atoms. The van der Waals surface area contributed by atoms with Crippen molar-refractivity contribution in [3.63, 3.8) is 0 Å². The Balaban J connectivity index is 2.14. The first kappa shape index (κ1) is 12.1. The average Bonchev–Trinajstić information content (AvgIpc) is 2.86. The summed E-state index contributed by atoms with van der Waals surface area (Å²) < 4.78 is 4.26. The molecule has 0 spiro atoms. The van der Waals surface area contributed by atoms with Gasteiger partial charge in [-0.05, 0) is 35.3 Å². The van der Waals surface area contributed by atoms with Gasteiger partial charge in [-0.25, -0.2) is 4.68 Å². The summed E-state index contributed by atoms with van der Waals surface area (Å²) in [6, 6.07) is 2.39. The predicted octanol–water partition coefficient (Wildman–Crippen LogP) is 1.84. The van der Waals surface area contributed by atoms with Gasteiger partial charge in [0, 0.05) is 12.2 Å². The van der Waals surface area contributed by atoms with E-state index in [9.17, 15) is 0 Å². The molecular formula is C10H15BrN6. The number of halogens is 1. The molecular weight excluding hydrogens is 284 g/mol. The van der Waals surface area contributed by atoms with Crippen LogP contribution in [-0.2, 0) is 6.54 Å². The summed E-state index contributed by atoms with van der Waals surface area (Å²) in [5.74, 6) is 0.262. The Hall–Kier alpha value is -1.37. The number of anilines is 1. The van der Waals surface area contributed by atoms with Crippen molar-refractivity contribution in [2.75, 3.05) is 5.73 Å². The van der Waals surface area contributed by atoms with Gasteiger partial charge in [0.1, 0.15) is 0 Å². The zero-order valence-electron chi connectivity index (χ0n) is 9.84. The van der Waals surface area contributed by atoms with Crippen molar-refractivity contribution in [2.45, 2.75) is 32.9 Å². The van der Waals surface area contributed by atoms with Gasteiger partial charge in [0.15, 0.2) is 4.73 Å². The lowest BCUT2D eigenvalue weighted by molar-refractivity contribution is 0.470. The van der Waals surface area contributed by atoms with E-state index in [2.05, 4.69) is 45.0 Å². The molecule has 2 N–H and O–H groups in total. The lowest BCUT2D eigenvalue weighted by Crippen LogP contribution is -2.07. The Morgan fingerprint density at radius 3 is 2.82 bits per heavy atom. The van der Waals surface area contributed by atoms with E-state index in [1.807, 2.05) is 16.9 Å². The second-order valence-corrected chi connectivity index (χ2v) is 4.65. The highest BCUT2D eigenvalue weighted by atomic mass is 79.9. The first-order valence-corrected chi connectivity index (χ1v) is 6.29. The highest BCUT2D eigenvalue weighted by molar-refractivity contribution is 9.10. The summed E-state index contributed by atoms with van der Waals surface area (Å²) in [6.07, 6.45) is 3.04. The topological polar surface area (TPSA) is 74.5 Å². The van der Waals surface area contributed by atoms with Gasteiger partial charge in [-0.3, -0.25) is 4.68 Å². The molecule has 0 saturated carbocycles. The Morgan fingerprint density at radius 1 is 1.47 bits per heavy atom. The van der Waals surface area contributed by atoms with Gasteiger partial charge in [-0.1, -0.05) is 6.92 Å². The number of nitrogens with zero attached hydrogens (tertiary/aromatic N) is 5. The van der Waals surface area contributed by atoms with Crippen LogP contribution in [0.3, 0.4) is 0 Å². The maximum Gasteiger partial charge on any atom is 0.240 e. The second-order valence-electron chi connectivity index (χ2n) is 3.94. The van der Waals surface area contributed by atoms with Crippen molar-refractivity contribution < 1.29 is 0 Å². The molecule has 0 amide bonds. The van der Waals surface area contributed by atoms with Crippen molar-refractivity contribution in [1.82, 2.24) is 24.5 Å². The summed E-state index contributed by atoms with van der Waals surface area (Å²) >= 11 is 3.30. The Labute approximate surface area is 108 Å². The molecule has 0 aromatic carbocycles. The fourth-order valence-electron chi connectivity index (χ4n) is 1.49. The van der Waals surface area contributed by atoms with Crippen LogP contribution in [0.25, 0.3) is 0 Å². The van der Waals surface area contributed by atoms with E-state index in [0.717, 1.165) is 12.1 Å². The van der Waals surface area contributed by atoms with E-state index >= 15 is 0 Å². The van der Waals surface area contributed by atoms with Crippen molar-refractivity contribution in [1.29, 1.82) is 0 Å². The van der Waals surface area contributed by atoms with Gasteiger partial charge < -0.3 is 5.73 Å². The van der Waals surface area contributed by atoms with Crippen LogP contribution in [0.2, 0.25) is 0 Å². The first-order chi connectivity index (χ1) is 8.10.